The van der Waals surface area contributed by atoms with Crippen molar-refractivity contribution in [2.45, 2.75) is 103 Å². The molecule has 0 aromatic carbocycles. The molecule has 8 nitrogen and oxygen atoms in total. The van der Waals surface area contributed by atoms with Crippen molar-refractivity contribution in [3.05, 3.63) is 36.3 Å². The van der Waals surface area contributed by atoms with Crippen LogP contribution in [0.3, 0.4) is 0 Å². The summed E-state index contributed by atoms with van der Waals surface area (Å²) in [5.41, 5.74) is -2.03. The highest BCUT2D eigenvalue weighted by Gasteiger charge is 2.88. The number of hydrogen-bond donors (Lipinski definition) is 0. The SMILES string of the molecule is CC(=O)O[C@H]1[C@@H](OC(C)=O)[C@]2(C)[C@H](CC[C@]3(C)[C@H](c4ccoc4)C[C@@H]4O[C@]423)[C@@]2(C)C=CC(=O)OC(C)(C)[C@H]12. The summed E-state index contributed by atoms with van der Waals surface area (Å²) >= 11 is 0. The Morgan fingerprint density at radius 3 is 2.39 bits per heavy atom. The van der Waals surface area contributed by atoms with Crippen LogP contribution in [0.25, 0.3) is 0 Å². The Balaban J connectivity index is 1.59. The first-order chi connectivity index (χ1) is 17.7. The van der Waals surface area contributed by atoms with Gasteiger partial charge in [0.05, 0.1) is 18.6 Å². The van der Waals surface area contributed by atoms with E-state index in [9.17, 15) is 14.4 Å². The molecule has 3 saturated carbocycles. The molecule has 0 radical (unpaired) electrons. The Hall–Kier alpha value is -2.61. The van der Waals surface area contributed by atoms with E-state index in [1.807, 2.05) is 32.3 Å². The lowest BCUT2D eigenvalue weighted by molar-refractivity contribution is -0.280. The van der Waals surface area contributed by atoms with Gasteiger partial charge in [0.25, 0.3) is 0 Å². The minimum atomic E-state index is -0.994. The van der Waals surface area contributed by atoms with Crippen LogP contribution >= 0.6 is 0 Å². The van der Waals surface area contributed by atoms with Crippen molar-refractivity contribution in [2.24, 2.45) is 28.1 Å². The number of epoxide rings is 1. The van der Waals surface area contributed by atoms with Crippen LogP contribution in [0.5, 0.6) is 0 Å². The third-order valence-electron chi connectivity index (χ3n) is 11.1. The van der Waals surface area contributed by atoms with Crippen molar-refractivity contribution < 1.29 is 37.7 Å². The van der Waals surface area contributed by atoms with E-state index in [1.54, 1.807) is 6.26 Å². The van der Waals surface area contributed by atoms with Gasteiger partial charge in [0.2, 0.25) is 0 Å². The summed E-state index contributed by atoms with van der Waals surface area (Å²) < 4.78 is 30.5. The van der Waals surface area contributed by atoms with E-state index in [-0.39, 0.29) is 23.4 Å². The number of carbonyl (C=O) groups is 3. The Morgan fingerprint density at radius 2 is 1.76 bits per heavy atom. The maximum Gasteiger partial charge on any atom is 0.330 e. The largest absolute Gasteiger partial charge is 0.472 e. The number of esters is 3. The summed E-state index contributed by atoms with van der Waals surface area (Å²) in [4.78, 5) is 38.1. The van der Waals surface area contributed by atoms with Crippen LogP contribution < -0.4 is 0 Å². The van der Waals surface area contributed by atoms with Crippen LogP contribution in [-0.2, 0) is 33.3 Å². The first-order valence-corrected chi connectivity index (χ1v) is 13.7. The van der Waals surface area contributed by atoms with Crippen molar-refractivity contribution in [2.75, 3.05) is 0 Å². The number of furan rings is 1. The Kier molecular flexibility index (Phi) is 5.22. The summed E-state index contributed by atoms with van der Waals surface area (Å²) in [7, 11) is 0. The van der Waals surface area contributed by atoms with Crippen LogP contribution in [0.4, 0.5) is 0 Å². The van der Waals surface area contributed by atoms with Crippen LogP contribution in [0.2, 0.25) is 0 Å². The molecule has 0 unspecified atom stereocenters. The topological polar surface area (TPSA) is 105 Å². The maximum absolute atomic E-state index is 12.8. The first kappa shape index (κ1) is 25.7. The fraction of sp³-hybridized carbons (Fsp3) is 0.700. The molecular weight excluding hydrogens is 488 g/mol. The molecule has 4 fully saturated rings. The second kappa shape index (κ2) is 7.74. The summed E-state index contributed by atoms with van der Waals surface area (Å²) in [6.07, 6.45) is 7.91. The molecule has 0 amide bonds. The fourth-order valence-electron chi connectivity index (χ4n) is 10.2. The summed E-state index contributed by atoms with van der Waals surface area (Å²) in [6.45, 7) is 13.1. The number of allylic oxidation sites excluding steroid dienone is 1. The second-order valence-corrected chi connectivity index (χ2v) is 13.3. The molecule has 8 heteroatoms. The zero-order valence-corrected chi connectivity index (χ0v) is 23.2. The van der Waals surface area contributed by atoms with Crippen LogP contribution in [0.15, 0.2) is 35.2 Å². The van der Waals surface area contributed by atoms with Crippen molar-refractivity contribution in [3.8, 4) is 0 Å². The zero-order valence-electron chi connectivity index (χ0n) is 23.2. The van der Waals surface area contributed by atoms with Gasteiger partial charge in [-0.1, -0.05) is 26.8 Å². The third kappa shape index (κ3) is 2.98. The number of hydrogen-bond acceptors (Lipinski definition) is 8. The fourth-order valence-corrected chi connectivity index (χ4v) is 10.2. The molecule has 206 valence electrons. The van der Waals surface area contributed by atoms with Gasteiger partial charge in [-0.3, -0.25) is 9.59 Å². The molecular formula is C30H38O8. The molecule has 3 heterocycles. The van der Waals surface area contributed by atoms with Crippen molar-refractivity contribution in [1.82, 2.24) is 0 Å². The lowest BCUT2D eigenvalue weighted by Gasteiger charge is -2.68. The summed E-state index contributed by atoms with van der Waals surface area (Å²) in [5, 5.41) is 0. The molecule has 0 N–H and O–H groups in total. The molecule has 5 aliphatic rings. The minimum absolute atomic E-state index is 0.0305. The molecule has 6 rings (SSSR count). The standard InChI is InChI=1S/C30H38O8/c1-16(31)35-23-24-26(3,4)38-22(33)9-11-27(24,5)20-8-12-28(6)19(18-10-13-34-15-18)14-21-30(28,37-21)29(20,7)25(23)36-17(2)32/h9-11,13,15,19-21,23-25H,8,12,14H2,1-7H3/t19-,20+,21-,23+,24-,25+,27+,28+,29-,30-/m0/s1. The zero-order chi connectivity index (χ0) is 27.5. The number of rotatable bonds is 3. The van der Waals surface area contributed by atoms with Gasteiger partial charge in [-0.05, 0) is 62.0 Å². The summed E-state index contributed by atoms with van der Waals surface area (Å²) in [5.74, 6) is -1.62. The minimum Gasteiger partial charge on any atom is -0.472 e. The normalized spacial score (nSPS) is 47.9. The van der Waals surface area contributed by atoms with E-state index >= 15 is 0 Å². The molecule has 1 aromatic heterocycles. The van der Waals surface area contributed by atoms with E-state index in [1.165, 1.54) is 19.9 Å². The molecule has 1 spiro atoms. The van der Waals surface area contributed by atoms with E-state index in [0.29, 0.717) is 0 Å². The molecule has 10 atom stereocenters. The summed E-state index contributed by atoms with van der Waals surface area (Å²) in [6, 6.07) is 2.03. The lowest BCUT2D eigenvalue weighted by atomic mass is 9.38. The third-order valence-corrected chi connectivity index (χ3v) is 11.1. The smallest absolute Gasteiger partial charge is 0.330 e. The van der Waals surface area contributed by atoms with E-state index in [2.05, 4.69) is 20.8 Å². The van der Waals surface area contributed by atoms with E-state index < -0.39 is 58.1 Å². The molecule has 2 aliphatic heterocycles. The lowest BCUT2D eigenvalue weighted by Crippen LogP contribution is -2.74. The van der Waals surface area contributed by atoms with Crippen LogP contribution in [0.1, 0.15) is 79.2 Å². The monoisotopic (exact) mass is 526 g/mol. The van der Waals surface area contributed by atoms with Gasteiger partial charge < -0.3 is 23.4 Å². The predicted octanol–water partition coefficient (Wildman–Crippen LogP) is 4.72. The van der Waals surface area contributed by atoms with Gasteiger partial charge in [-0.25, -0.2) is 4.79 Å². The molecule has 38 heavy (non-hydrogen) atoms. The average molecular weight is 527 g/mol. The van der Waals surface area contributed by atoms with Gasteiger partial charge in [0, 0.05) is 36.7 Å². The Labute approximate surface area is 223 Å². The second-order valence-electron chi connectivity index (χ2n) is 13.3. The van der Waals surface area contributed by atoms with Crippen molar-refractivity contribution >= 4 is 17.9 Å². The Bertz CT molecular complexity index is 1220. The molecule has 3 aliphatic carbocycles. The van der Waals surface area contributed by atoms with Crippen LogP contribution in [-0.4, -0.2) is 47.4 Å². The molecule has 0 bridgehead atoms. The predicted molar refractivity (Wildman–Crippen MR) is 135 cm³/mol. The quantitative estimate of drug-likeness (QED) is 0.317. The van der Waals surface area contributed by atoms with Gasteiger partial charge in [0.15, 0.2) is 0 Å². The molecule has 1 aromatic rings. The first-order valence-electron chi connectivity index (χ1n) is 13.7. The van der Waals surface area contributed by atoms with Crippen molar-refractivity contribution in [1.29, 1.82) is 0 Å². The highest BCUT2D eigenvalue weighted by molar-refractivity contribution is 5.83. The number of cyclic esters (lactones) is 1. The highest BCUT2D eigenvalue weighted by Crippen LogP contribution is 2.82. The highest BCUT2D eigenvalue weighted by atomic mass is 16.6. The molecule has 1 saturated heterocycles. The van der Waals surface area contributed by atoms with Crippen LogP contribution in [0, 0.1) is 28.1 Å². The van der Waals surface area contributed by atoms with Gasteiger partial charge in [-0.2, -0.15) is 0 Å². The van der Waals surface area contributed by atoms with Gasteiger partial charge in [-0.15, -0.1) is 0 Å². The number of ether oxygens (including phenoxy) is 4. The maximum atomic E-state index is 12.8. The average Bonchev–Trinajstić information content (AvgIpc) is 3.19. The van der Waals surface area contributed by atoms with E-state index in [0.717, 1.165) is 24.8 Å². The van der Waals surface area contributed by atoms with Gasteiger partial charge >= 0.3 is 17.9 Å². The van der Waals surface area contributed by atoms with Crippen molar-refractivity contribution in [3.63, 3.8) is 0 Å². The van der Waals surface area contributed by atoms with E-state index in [4.69, 9.17) is 23.4 Å². The Morgan fingerprint density at radius 1 is 1.05 bits per heavy atom. The number of fused-ring (bicyclic) bond motifs is 3. The number of carbonyl (C=O) groups excluding carboxylic acids is 3. The van der Waals surface area contributed by atoms with Gasteiger partial charge in [0.1, 0.15) is 23.4 Å².